The standard InChI is InChI=1S/C14H15N3O2/c1-11(5-6-15)17(2)14(19)13-8-12(4-3-7-18)9-16-10-13/h8-11,18H,5,7H2,1-2H3. The van der Waals surface area contributed by atoms with Gasteiger partial charge in [-0.25, -0.2) is 0 Å². The van der Waals surface area contributed by atoms with Crippen LogP contribution in [-0.2, 0) is 0 Å². The van der Waals surface area contributed by atoms with Gasteiger partial charge in [0.2, 0.25) is 0 Å². The Labute approximate surface area is 112 Å². The van der Waals surface area contributed by atoms with Gasteiger partial charge >= 0.3 is 0 Å². The molecular weight excluding hydrogens is 242 g/mol. The number of carbonyl (C=O) groups is 1. The number of nitrogens with zero attached hydrogens (tertiary/aromatic N) is 3. The van der Waals surface area contributed by atoms with Crippen LogP contribution in [0.1, 0.15) is 29.3 Å². The Morgan fingerprint density at radius 2 is 2.32 bits per heavy atom. The summed E-state index contributed by atoms with van der Waals surface area (Å²) >= 11 is 0. The fraction of sp³-hybridized carbons (Fsp3) is 0.357. The third-order valence-electron chi connectivity index (χ3n) is 2.67. The highest BCUT2D eigenvalue weighted by Crippen LogP contribution is 2.09. The molecule has 0 bridgehead atoms. The summed E-state index contributed by atoms with van der Waals surface area (Å²) in [6.45, 7) is 1.57. The lowest BCUT2D eigenvalue weighted by Gasteiger charge is -2.22. The quantitative estimate of drug-likeness (QED) is 0.812. The van der Waals surface area contributed by atoms with E-state index in [-0.39, 0.29) is 25.0 Å². The molecule has 5 heteroatoms. The molecule has 1 heterocycles. The minimum absolute atomic E-state index is 0.162. The molecule has 0 aromatic carbocycles. The third-order valence-corrected chi connectivity index (χ3v) is 2.67. The first-order valence-electron chi connectivity index (χ1n) is 5.79. The van der Waals surface area contributed by atoms with Gasteiger partial charge in [-0.05, 0) is 13.0 Å². The molecule has 1 aromatic heterocycles. The number of nitriles is 1. The summed E-state index contributed by atoms with van der Waals surface area (Å²) in [7, 11) is 1.65. The molecular formula is C14H15N3O2. The van der Waals surface area contributed by atoms with Crippen molar-refractivity contribution in [3.05, 3.63) is 29.6 Å². The Kier molecular flexibility index (Phi) is 5.53. The molecule has 1 aromatic rings. The average Bonchev–Trinajstić information content (AvgIpc) is 2.44. The highest BCUT2D eigenvalue weighted by Gasteiger charge is 2.17. The van der Waals surface area contributed by atoms with E-state index in [4.69, 9.17) is 10.4 Å². The fourth-order valence-electron chi connectivity index (χ4n) is 1.44. The number of aliphatic hydroxyl groups is 1. The molecule has 0 fully saturated rings. The number of hydrogen-bond acceptors (Lipinski definition) is 4. The van der Waals surface area contributed by atoms with E-state index in [1.54, 1.807) is 13.1 Å². The van der Waals surface area contributed by atoms with Crippen LogP contribution in [0.25, 0.3) is 0 Å². The van der Waals surface area contributed by atoms with Crippen LogP contribution in [0.4, 0.5) is 0 Å². The first-order chi connectivity index (χ1) is 9.10. The van der Waals surface area contributed by atoms with E-state index in [9.17, 15) is 4.79 Å². The summed E-state index contributed by atoms with van der Waals surface area (Å²) in [5.41, 5.74) is 0.985. The van der Waals surface area contributed by atoms with Gasteiger partial charge in [-0.1, -0.05) is 11.8 Å². The van der Waals surface area contributed by atoms with E-state index in [0.717, 1.165) is 0 Å². The normalized spacial score (nSPS) is 10.8. The maximum atomic E-state index is 12.2. The number of rotatable bonds is 3. The van der Waals surface area contributed by atoms with Crippen molar-refractivity contribution in [2.45, 2.75) is 19.4 Å². The number of pyridine rings is 1. The van der Waals surface area contributed by atoms with Gasteiger partial charge in [0, 0.05) is 31.0 Å². The lowest BCUT2D eigenvalue weighted by Crippen LogP contribution is -2.34. The Morgan fingerprint density at radius 3 is 2.95 bits per heavy atom. The molecule has 1 unspecified atom stereocenters. The second kappa shape index (κ2) is 7.15. The summed E-state index contributed by atoms with van der Waals surface area (Å²) in [4.78, 5) is 17.6. The van der Waals surface area contributed by atoms with Crippen molar-refractivity contribution in [3.8, 4) is 17.9 Å². The van der Waals surface area contributed by atoms with E-state index >= 15 is 0 Å². The van der Waals surface area contributed by atoms with E-state index in [0.29, 0.717) is 11.1 Å². The van der Waals surface area contributed by atoms with Gasteiger partial charge < -0.3 is 10.0 Å². The second-order valence-corrected chi connectivity index (χ2v) is 4.05. The summed E-state index contributed by atoms with van der Waals surface area (Å²) in [6.07, 6.45) is 3.26. The van der Waals surface area contributed by atoms with Crippen LogP contribution in [0.3, 0.4) is 0 Å². The summed E-state index contributed by atoms with van der Waals surface area (Å²) < 4.78 is 0. The highest BCUT2D eigenvalue weighted by molar-refractivity contribution is 5.94. The first-order valence-corrected chi connectivity index (χ1v) is 5.79. The molecule has 98 valence electrons. The molecule has 0 aliphatic carbocycles. The van der Waals surface area contributed by atoms with Crippen molar-refractivity contribution in [2.75, 3.05) is 13.7 Å². The minimum Gasteiger partial charge on any atom is -0.384 e. The van der Waals surface area contributed by atoms with Gasteiger partial charge in [0.1, 0.15) is 6.61 Å². The number of carbonyl (C=O) groups excluding carboxylic acids is 1. The Balaban J connectivity index is 2.91. The van der Waals surface area contributed by atoms with Crippen molar-refractivity contribution in [2.24, 2.45) is 0 Å². The van der Waals surface area contributed by atoms with E-state index in [2.05, 4.69) is 16.8 Å². The van der Waals surface area contributed by atoms with E-state index in [1.165, 1.54) is 17.3 Å². The van der Waals surface area contributed by atoms with Crippen molar-refractivity contribution >= 4 is 5.91 Å². The highest BCUT2D eigenvalue weighted by atomic mass is 16.2. The van der Waals surface area contributed by atoms with Crippen molar-refractivity contribution in [3.63, 3.8) is 0 Å². The van der Waals surface area contributed by atoms with Gasteiger partial charge in [-0.3, -0.25) is 9.78 Å². The minimum atomic E-state index is -0.239. The summed E-state index contributed by atoms with van der Waals surface area (Å²) in [5.74, 6) is 4.99. The zero-order chi connectivity index (χ0) is 14.3. The van der Waals surface area contributed by atoms with Gasteiger partial charge in [0.15, 0.2) is 0 Å². The number of amides is 1. The molecule has 5 nitrogen and oxygen atoms in total. The van der Waals surface area contributed by atoms with Crippen LogP contribution < -0.4 is 0 Å². The third kappa shape index (κ3) is 4.09. The smallest absolute Gasteiger partial charge is 0.255 e. The number of aromatic nitrogens is 1. The SMILES string of the molecule is CC(CC#N)N(C)C(=O)c1cncc(C#CCO)c1. The molecule has 0 aliphatic rings. The number of aliphatic hydroxyl groups excluding tert-OH is 1. The molecule has 1 N–H and O–H groups in total. The molecule has 19 heavy (non-hydrogen) atoms. The number of hydrogen-bond donors (Lipinski definition) is 1. The van der Waals surface area contributed by atoms with Gasteiger partial charge in [-0.15, -0.1) is 0 Å². The van der Waals surface area contributed by atoms with Gasteiger partial charge in [0.25, 0.3) is 5.91 Å². The Bertz CT molecular complexity index is 552. The van der Waals surface area contributed by atoms with Gasteiger partial charge in [-0.2, -0.15) is 5.26 Å². The molecule has 0 saturated heterocycles. The average molecular weight is 257 g/mol. The second-order valence-electron chi connectivity index (χ2n) is 4.05. The molecule has 0 aliphatic heterocycles. The van der Waals surface area contributed by atoms with Crippen LogP contribution in [-0.4, -0.2) is 40.6 Å². The molecule has 0 radical (unpaired) electrons. The summed E-state index contributed by atoms with van der Waals surface area (Å²) in [6, 6.07) is 3.49. The largest absolute Gasteiger partial charge is 0.384 e. The molecule has 0 spiro atoms. The zero-order valence-corrected chi connectivity index (χ0v) is 10.9. The van der Waals surface area contributed by atoms with Crippen LogP contribution in [0.15, 0.2) is 18.5 Å². The zero-order valence-electron chi connectivity index (χ0n) is 10.9. The van der Waals surface area contributed by atoms with Crippen molar-refractivity contribution in [1.29, 1.82) is 5.26 Å². The lowest BCUT2D eigenvalue weighted by molar-refractivity contribution is 0.0746. The van der Waals surface area contributed by atoms with E-state index in [1.807, 2.05) is 13.0 Å². The lowest BCUT2D eigenvalue weighted by atomic mass is 10.1. The first kappa shape index (κ1) is 14.7. The monoisotopic (exact) mass is 257 g/mol. The molecule has 1 rings (SSSR count). The van der Waals surface area contributed by atoms with Crippen molar-refractivity contribution < 1.29 is 9.90 Å². The predicted octanol–water partition coefficient (Wildman–Crippen LogP) is 0.800. The van der Waals surface area contributed by atoms with Crippen LogP contribution >= 0.6 is 0 Å². The predicted molar refractivity (Wildman–Crippen MR) is 70.0 cm³/mol. The Morgan fingerprint density at radius 1 is 1.58 bits per heavy atom. The topological polar surface area (TPSA) is 77.2 Å². The van der Waals surface area contributed by atoms with Crippen LogP contribution in [0.5, 0.6) is 0 Å². The van der Waals surface area contributed by atoms with Crippen molar-refractivity contribution in [1.82, 2.24) is 9.88 Å². The van der Waals surface area contributed by atoms with E-state index < -0.39 is 0 Å². The Hall–Kier alpha value is -2.37. The van der Waals surface area contributed by atoms with Crippen LogP contribution in [0, 0.1) is 23.2 Å². The molecule has 1 amide bonds. The molecule has 0 saturated carbocycles. The molecule has 1 atom stereocenters. The summed E-state index contributed by atoms with van der Waals surface area (Å²) in [5, 5.41) is 17.3. The maximum Gasteiger partial charge on any atom is 0.255 e. The maximum absolute atomic E-state index is 12.2. The van der Waals surface area contributed by atoms with Gasteiger partial charge in [0.05, 0.1) is 18.1 Å². The fourth-order valence-corrected chi connectivity index (χ4v) is 1.44. The van der Waals surface area contributed by atoms with Crippen LogP contribution in [0.2, 0.25) is 0 Å².